The van der Waals surface area contributed by atoms with E-state index in [1.165, 1.54) is 16.7 Å². The number of para-hydroxylation sites is 1. The molecule has 1 amide bonds. The number of rotatable bonds is 5. The molecule has 0 bridgehead atoms. The zero-order chi connectivity index (χ0) is 15.2. The van der Waals surface area contributed by atoms with E-state index in [0.29, 0.717) is 13.0 Å². The molecule has 2 rings (SSSR count). The maximum atomic E-state index is 12.5. The predicted molar refractivity (Wildman–Crippen MR) is 88.7 cm³/mol. The molecule has 2 aromatic carbocycles. The fraction of sp³-hybridized carbons (Fsp3) is 0.316. The highest BCUT2D eigenvalue weighted by molar-refractivity contribution is 5.93. The highest BCUT2D eigenvalue weighted by atomic mass is 16.2. The minimum atomic E-state index is 0.184. The molecular weight excluding hydrogens is 258 g/mol. The van der Waals surface area contributed by atoms with Gasteiger partial charge in [0.2, 0.25) is 5.91 Å². The molecule has 0 N–H and O–H groups in total. The van der Waals surface area contributed by atoms with Crippen LogP contribution in [0.15, 0.2) is 48.5 Å². The Bertz CT molecular complexity index is 604. The van der Waals surface area contributed by atoms with Crippen molar-refractivity contribution in [3.8, 4) is 0 Å². The second kappa shape index (κ2) is 7.07. The lowest BCUT2D eigenvalue weighted by Crippen LogP contribution is -2.30. The van der Waals surface area contributed by atoms with Gasteiger partial charge in [-0.3, -0.25) is 4.79 Å². The zero-order valence-corrected chi connectivity index (χ0v) is 13.1. The summed E-state index contributed by atoms with van der Waals surface area (Å²) in [6.45, 7) is 6.93. The number of amides is 1. The van der Waals surface area contributed by atoms with E-state index in [-0.39, 0.29) is 5.91 Å². The van der Waals surface area contributed by atoms with Gasteiger partial charge >= 0.3 is 0 Å². The van der Waals surface area contributed by atoms with Gasteiger partial charge in [-0.05, 0) is 50.5 Å². The van der Waals surface area contributed by atoms with Crippen LogP contribution >= 0.6 is 0 Å². The first-order valence-electron chi connectivity index (χ1n) is 7.53. The number of carbonyl (C=O) groups is 1. The van der Waals surface area contributed by atoms with Crippen molar-refractivity contribution in [3.63, 3.8) is 0 Å². The van der Waals surface area contributed by atoms with E-state index in [2.05, 4.69) is 32.0 Å². The lowest BCUT2D eigenvalue weighted by Gasteiger charge is -2.21. The van der Waals surface area contributed by atoms with Gasteiger partial charge in [-0.25, -0.2) is 0 Å². The largest absolute Gasteiger partial charge is 0.313 e. The molecular formula is C19H23NO. The van der Waals surface area contributed by atoms with Gasteiger partial charge in [0.15, 0.2) is 0 Å². The molecule has 0 aliphatic carbocycles. The standard InChI is InChI=1S/C19H23NO/c1-4-20(18-8-6-5-7-9-18)19(21)13-12-17-11-10-15(2)14-16(17)3/h5-11,14H,4,12-13H2,1-3H3. The molecule has 0 aliphatic heterocycles. The molecule has 0 spiro atoms. The van der Waals surface area contributed by atoms with Crippen LogP contribution in [0.4, 0.5) is 5.69 Å². The van der Waals surface area contributed by atoms with Crippen molar-refractivity contribution in [1.82, 2.24) is 0 Å². The molecule has 0 saturated carbocycles. The van der Waals surface area contributed by atoms with Crippen LogP contribution in [0.1, 0.15) is 30.0 Å². The van der Waals surface area contributed by atoms with Gasteiger partial charge in [-0.1, -0.05) is 42.0 Å². The summed E-state index contributed by atoms with van der Waals surface area (Å²) in [5.41, 5.74) is 4.77. The number of anilines is 1. The summed E-state index contributed by atoms with van der Waals surface area (Å²) in [4.78, 5) is 14.3. The van der Waals surface area contributed by atoms with Crippen LogP contribution in [0.3, 0.4) is 0 Å². The fourth-order valence-corrected chi connectivity index (χ4v) is 2.61. The normalized spacial score (nSPS) is 10.4. The maximum Gasteiger partial charge on any atom is 0.227 e. The van der Waals surface area contributed by atoms with Crippen molar-refractivity contribution in [2.45, 2.75) is 33.6 Å². The summed E-state index contributed by atoms with van der Waals surface area (Å²) in [6.07, 6.45) is 1.35. The second-order valence-electron chi connectivity index (χ2n) is 5.40. The van der Waals surface area contributed by atoms with Gasteiger partial charge in [-0.15, -0.1) is 0 Å². The lowest BCUT2D eigenvalue weighted by atomic mass is 10.0. The average molecular weight is 281 g/mol. The topological polar surface area (TPSA) is 20.3 Å². The van der Waals surface area contributed by atoms with Crippen LogP contribution < -0.4 is 4.90 Å². The number of benzene rings is 2. The molecule has 2 aromatic rings. The van der Waals surface area contributed by atoms with Crippen LogP contribution in [0.2, 0.25) is 0 Å². The first-order valence-corrected chi connectivity index (χ1v) is 7.53. The molecule has 0 radical (unpaired) electrons. The summed E-state index contributed by atoms with van der Waals surface area (Å²) < 4.78 is 0. The zero-order valence-electron chi connectivity index (χ0n) is 13.1. The Hall–Kier alpha value is -2.09. The number of hydrogen-bond donors (Lipinski definition) is 0. The van der Waals surface area contributed by atoms with Crippen molar-refractivity contribution in [2.75, 3.05) is 11.4 Å². The van der Waals surface area contributed by atoms with Gasteiger partial charge in [0.25, 0.3) is 0 Å². The lowest BCUT2D eigenvalue weighted by molar-refractivity contribution is -0.118. The molecule has 0 saturated heterocycles. The Labute approximate surface area is 127 Å². The first kappa shape index (κ1) is 15.3. The van der Waals surface area contributed by atoms with Crippen LogP contribution in [0, 0.1) is 13.8 Å². The third-order valence-electron chi connectivity index (χ3n) is 3.79. The van der Waals surface area contributed by atoms with Crippen molar-refractivity contribution >= 4 is 11.6 Å². The molecule has 0 heterocycles. The van der Waals surface area contributed by atoms with E-state index in [4.69, 9.17) is 0 Å². The predicted octanol–water partition coefficient (Wildman–Crippen LogP) is 4.29. The SMILES string of the molecule is CCN(C(=O)CCc1ccc(C)cc1C)c1ccccc1. The Morgan fingerprint density at radius 1 is 1.05 bits per heavy atom. The van der Waals surface area contributed by atoms with Crippen molar-refractivity contribution in [3.05, 3.63) is 65.2 Å². The Balaban J connectivity index is 2.03. The highest BCUT2D eigenvalue weighted by Crippen LogP contribution is 2.17. The molecule has 0 unspecified atom stereocenters. The van der Waals surface area contributed by atoms with Gasteiger partial charge in [0.1, 0.15) is 0 Å². The van der Waals surface area contributed by atoms with E-state index in [0.717, 1.165) is 12.1 Å². The minimum absolute atomic E-state index is 0.184. The summed E-state index contributed by atoms with van der Waals surface area (Å²) in [6, 6.07) is 16.3. The Morgan fingerprint density at radius 3 is 2.38 bits per heavy atom. The summed E-state index contributed by atoms with van der Waals surface area (Å²) >= 11 is 0. The van der Waals surface area contributed by atoms with E-state index in [1.807, 2.05) is 42.2 Å². The molecule has 0 aliphatic rings. The Kier molecular flexibility index (Phi) is 5.15. The van der Waals surface area contributed by atoms with Gasteiger partial charge in [-0.2, -0.15) is 0 Å². The van der Waals surface area contributed by atoms with Crippen molar-refractivity contribution in [2.24, 2.45) is 0 Å². The molecule has 0 atom stereocenters. The van der Waals surface area contributed by atoms with E-state index in [9.17, 15) is 4.79 Å². The summed E-state index contributed by atoms with van der Waals surface area (Å²) in [7, 11) is 0. The van der Waals surface area contributed by atoms with Crippen LogP contribution in [0.25, 0.3) is 0 Å². The van der Waals surface area contributed by atoms with Gasteiger partial charge in [0, 0.05) is 18.7 Å². The van der Waals surface area contributed by atoms with E-state index < -0.39 is 0 Å². The van der Waals surface area contributed by atoms with Crippen LogP contribution in [-0.4, -0.2) is 12.5 Å². The van der Waals surface area contributed by atoms with Gasteiger partial charge < -0.3 is 4.90 Å². The summed E-state index contributed by atoms with van der Waals surface area (Å²) in [5.74, 6) is 0.184. The minimum Gasteiger partial charge on any atom is -0.313 e. The highest BCUT2D eigenvalue weighted by Gasteiger charge is 2.13. The third kappa shape index (κ3) is 3.94. The van der Waals surface area contributed by atoms with E-state index in [1.54, 1.807) is 0 Å². The number of carbonyl (C=O) groups excluding carboxylic acids is 1. The molecule has 2 heteroatoms. The maximum absolute atomic E-state index is 12.5. The van der Waals surface area contributed by atoms with E-state index >= 15 is 0 Å². The molecule has 0 aromatic heterocycles. The second-order valence-corrected chi connectivity index (χ2v) is 5.40. The van der Waals surface area contributed by atoms with Crippen LogP contribution in [-0.2, 0) is 11.2 Å². The smallest absolute Gasteiger partial charge is 0.227 e. The number of aryl methyl sites for hydroxylation is 3. The summed E-state index contributed by atoms with van der Waals surface area (Å²) in [5, 5.41) is 0. The number of nitrogens with zero attached hydrogens (tertiary/aromatic N) is 1. The quantitative estimate of drug-likeness (QED) is 0.800. The average Bonchev–Trinajstić information content (AvgIpc) is 2.48. The third-order valence-corrected chi connectivity index (χ3v) is 3.79. The molecule has 21 heavy (non-hydrogen) atoms. The first-order chi connectivity index (χ1) is 10.1. The van der Waals surface area contributed by atoms with Crippen LogP contribution in [0.5, 0.6) is 0 Å². The molecule has 110 valence electrons. The molecule has 0 fully saturated rings. The molecule has 2 nitrogen and oxygen atoms in total. The van der Waals surface area contributed by atoms with Crippen molar-refractivity contribution < 1.29 is 4.79 Å². The van der Waals surface area contributed by atoms with Crippen molar-refractivity contribution in [1.29, 1.82) is 0 Å². The monoisotopic (exact) mass is 281 g/mol. The fourth-order valence-electron chi connectivity index (χ4n) is 2.61. The Morgan fingerprint density at radius 2 is 1.76 bits per heavy atom. The van der Waals surface area contributed by atoms with Gasteiger partial charge in [0.05, 0.1) is 0 Å². The number of hydrogen-bond acceptors (Lipinski definition) is 1.